The van der Waals surface area contributed by atoms with Crippen LogP contribution in [0.15, 0.2) is 0 Å². The zero-order valence-corrected chi connectivity index (χ0v) is 12.2. The van der Waals surface area contributed by atoms with Gasteiger partial charge in [0.15, 0.2) is 12.6 Å². The highest BCUT2D eigenvalue weighted by Crippen LogP contribution is 2.47. The Morgan fingerprint density at radius 2 is 1.68 bits per heavy atom. The van der Waals surface area contributed by atoms with Gasteiger partial charge in [-0.25, -0.2) is 0 Å². The summed E-state index contributed by atoms with van der Waals surface area (Å²) in [4.78, 5) is 0. The van der Waals surface area contributed by atoms with E-state index in [0.717, 1.165) is 12.8 Å². The summed E-state index contributed by atoms with van der Waals surface area (Å²) in [6.45, 7) is 6.57. The van der Waals surface area contributed by atoms with Crippen molar-refractivity contribution in [2.45, 2.75) is 70.6 Å². The van der Waals surface area contributed by atoms with Crippen molar-refractivity contribution >= 4 is 0 Å². The molecule has 3 rings (SSSR count). The molecule has 0 aromatic heterocycles. The molecule has 2 saturated heterocycles. The minimum atomic E-state index is -0.189. The monoisotopic (exact) mass is 270 g/mol. The van der Waals surface area contributed by atoms with Crippen LogP contribution in [0, 0.1) is 5.41 Å². The summed E-state index contributed by atoms with van der Waals surface area (Å²) in [5, 5.41) is 0. The molecule has 1 aliphatic carbocycles. The van der Waals surface area contributed by atoms with Crippen molar-refractivity contribution < 1.29 is 18.9 Å². The van der Waals surface area contributed by atoms with Crippen molar-refractivity contribution in [3.05, 3.63) is 0 Å². The molecule has 0 N–H and O–H groups in total. The van der Waals surface area contributed by atoms with Crippen LogP contribution in [0.1, 0.15) is 52.4 Å². The average molecular weight is 270 g/mol. The third-order valence-electron chi connectivity index (χ3n) is 4.84. The fourth-order valence-corrected chi connectivity index (χ4v) is 3.33. The van der Waals surface area contributed by atoms with Gasteiger partial charge in [0.05, 0.1) is 18.8 Å². The number of ether oxygens (including phenoxy) is 4. The van der Waals surface area contributed by atoms with Crippen LogP contribution in [0.5, 0.6) is 0 Å². The van der Waals surface area contributed by atoms with Gasteiger partial charge in [0.25, 0.3) is 0 Å². The first-order valence-corrected chi connectivity index (χ1v) is 7.60. The van der Waals surface area contributed by atoms with Crippen molar-refractivity contribution in [3.8, 4) is 0 Å². The Morgan fingerprint density at radius 3 is 2.37 bits per heavy atom. The molecule has 0 bridgehead atoms. The molecule has 1 spiro atoms. The van der Waals surface area contributed by atoms with Crippen LogP contribution < -0.4 is 0 Å². The molecule has 110 valence electrons. The van der Waals surface area contributed by atoms with E-state index in [9.17, 15) is 0 Å². The average Bonchev–Trinajstić information content (AvgIpc) is 3.02. The Bertz CT molecular complexity index is 299. The smallest absolute Gasteiger partial charge is 0.181 e. The minimum absolute atomic E-state index is 0.0611. The summed E-state index contributed by atoms with van der Waals surface area (Å²) in [5.74, 6) is 0. The maximum atomic E-state index is 6.21. The van der Waals surface area contributed by atoms with Crippen LogP contribution in [-0.2, 0) is 18.9 Å². The molecule has 1 unspecified atom stereocenters. The van der Waals surface area contributed by atoms with E-state index in [1.54, 1.807) is 0 Å². The normalized spacial score (nSPS) is 34.1. The molecule has 4 nitrogen and oxygen atoms in total. The quantitative estimate of drug-likeness (QED) is 0.790. The topological polar surface area (TPSA) is 36.9 Å². The van der Waals surface area contributed by atoms with Crippen molar-refractivity contribution in [1.29, 1.82) is 0 Å². The van der Waals surface area contributed by atoms with Gasteiger partial charge in [0.2, 0.25) is 0 Å². The van der Waals surface area contributed by atoms with Gasteiger partial charge in [-0.05, 0) is 37.5 Å². The van der Waals surface area contributed by atoms with E-state index in [1.165, 1.54) is 25.7 Å². The molecular formula is C15H26O4. The lowest BCUT2D eigenvalue weighted by Crippen LogP contribution is -2.37. The van der Waals surface area contributed by atoms with Gasteiger partial charge in [0.1, 0.15) is 6.61 Å². The molecule has 2 heterocycles. The standard InChI is InChI=1S/C15H26O4/c1-14(2)5-7-15(8-6-14)4-3-12(19-15)18-11-13-16-9-10-17-13/h12-13H,3-11H2,1-2H3. The van der Waals surface area contributed by atoms with E-state index < -0.39 is 0 Å². The molecule has 0 amide bonds. The van der Waals surface area contributed by atoms with E-state index in [0.29, 0.717) is 25.2 Å². The Morgan fingerprint density at radius 1 is 1.00 bits per heavy atom. The molecular weight excluding hydrogens is 244 g/mol. The minimum Gasteiger partial charge on any atom is -0.348 e. The molecule has 1 atom stereocenters. The molecule has 3 fully saturated rings. The van der Waals surface area contributed by atoms with Crippen molar-refractivity contribution in [2.75, 3.05) is 19.8 Å². The van der Waals surface area contributed by atoms with Gasteiger partial charge in [-0.1, -0.05) is 13.8 Å². The zero-order valence-electron chi connectivity index (χ0n) is 12.2. The van der Waals surface area contributed by atoms with Gasteiger partial charge in [0, 0.05) is 6.42 Å². The summed E-state index contributed by atoms with van der Waals surface area (Å²) >= 11 is 0. The third kappa shape index (κ3) is 3.30. The van der Waals surface area contributed by atoms with Crippen molar-refractivity contribution in [2.24, 2.45) is 5.41 Å². The van der Waals surface area contributed by atoms with Gasteiger partial charge < -0.3 is 18.9 Å². The van der Waals surface area contributed by atoms with E-state index in [1.807, 2.05) is 0 Å². The summed E-state index contributed by atoms with van der Waals surface area (Å²) in [6.07, 6.45) is 6.77. The molecule has 0 aromatic carbocycles. The molecule has 19 heavy (non-hydrogen) atoms. The molecule has 4 heteroatoms. The third-order valence-corrected chi connectivity index (χ3v) is 4.84. The zero-order chi connectivity index (χ0) is 13.3. The second-order valence-electron chi connectivity index (χ2n) is 6.94. The van der Waals surface area contributed by atoms with Gasteiger partial charge in [-0.15, -0.1) is 0 Å². The van der Waals surface area contributed by atoms with Gasteiger partial charge >= 0.3 is 0 Å². The summed E-state index contributed by atoms with van der Waals surface area (Å²) in [6, 6.07) is 0. The predicted molar refractivity (Wildman–Crippen MR) is 70.7 cm³/mol. The maximum absolute atomic E-state index is 6.21. The number of hydrogen-bond acceptors (Lipinski definition) is 4. The molecule has 3 aliphatic rings. The summed E-state index contributed by atoms with van der Waals surface area (Å²) < 4.78 is 22.8. The first kappa shape index (κ1) is 13.8. The molecule has 1 saturated carbocycles. The highest BCUT2D eigenvalue weighted by molar-refractivity contribution is 4.93. The Kier molecular flexibility index (Phi) is 3.87. The predicted octanol–water partition coefficient (Wildman–Crippen LogP) is 2.85. The van der Waals surface area contributed by atoms with Gasteiger partial charge in [-0.3, -0.25) is 0 Å². The summed E-state index contributed by atoms with van der Waals surface area (Å²) in [7, 11) is 0. The maximum Gasteiger partial charge on any atom is 0.181 e. The van der Waals surface area contributed by atoms with Gasteiger partial charge in [-0.2, -0.15) is 0 Å². The van der Waals surface area contributed by atoms with Crippen LogP contribution in [0.4, 0.5) is 0 Å². The van der Waals surface area contributed by atoms with E-state index >= 15 is 0 Å². The fraction of sp³-hybridized carbons (Fsp3) is 1.00. The first-order chi connectivity index (χ1) is 9.07. The van der Waals surface area contributed by atoms with Crippen LogP contribution >= 0.6 is 0 Å². The van der Waals surface area contributed by atoms with Crippen molar-refractivity contribution in [3.63, 3.8) is 0 Å². The Hall–Kier alpha value is -0.160. The van der Waals surface area contributed by atoms with E-state index in [-0.39, 0.29) is 18.2 Å². The lowest BCUT2D eigenvalue weighted by molar-refractivity contribution is -0.209. The van der Waals surface area contributed by atoms with Crippen LogP contribution in [0.25, 0.3) is 0 Å². The molecule has 0 radical (unpaired) electrons. The van der Waals surface area contributed by atoms with Crippen LogP contribution in [-0.4, -0.2) is 38.0 Å². The van der Waals surface area contributed by atoms with E-state index in [2.05, 4.69) is 13.8 Å². The Balaban J connectivity index is 1.44. The van der Waals surface area contributed by atoms with E-state index in [4.69, 9.17) is 18.9 Å². The lowest BCUT2D eigenvalue weighted by Gasteiger charge is -2.41. The largest absolute Gasteiger partial charge is 0.348 e. The SMILES string of the molecule is CC1(C)CCC2(CCC(OCC3OCCO3)O2)CC1. The number of rotatable bonds is 3. The second kappa shape index (κ2) is 5.32. The first-order valence-electron chi connectivity index (χ1n) is 7.60. The highest BCUT2D eigenvalue weighted by atomic mass is 16.8. The summed E-state index contributed by atoms with van der Waals surface area (Å²) in [5.41, 5.74) is 0.580. The molecule has 2 aliphatic heterocycles. The van der Waals surface area contributed by atoms with Crippen LogP contribution in [0.2, 0.25) is 0 Å². The molecule has 0 aromatic rings. The van der Waals surface area contributed by atoms with Crippen LogP contribution in [0.3, 0.4) is 0 Å². The lowest BCUT2D eigenvalue weighted by atomic mass is 9.70. The second-order valence-corrected chi connectivity index (χ2v) is 6.94. The highest BCUT2D eigenvalue weighted by Gasteiger charge is 2.45. The Labute approximate surface area is 115 Å². The fourth-order valence-electron chi connectivity index (χ4n) is 3.33. The number of hydrogen-bond donors (Lipinski definition) is 0. The van der Waals surface area contributed by atoms with Crippen molar-refractivity contribution in [1.82, 2.24) is 0 Å².